The Kier molecular flexibility index (Phi) is 3.47. The molecule has 0 unspecified atom stereocenters. The fraction of sp³-hybridized carbons (Fsp3) is 0.667. The Morgan fingerprint density at radius 1 is 1.41 bits per heavy atom. The van der Waals surface area contributed by atoms with Crippen LogP contribution >= 0.6 is 11.8 Å². The highest BCUT2D eigenvalue weighted by Crippen LogP contribution is 2.32. The molecule has 1 saturated heterocycles. The van der Waals surface area contributed by atoms with E-state index in [-0.39, 0.29) is 0 Å². The lowest BCUT2D eigenvalue weighted by Gasteiger charge is -2.21. The van der Waals surface area contributed by atoms with Crippen LogP contribution in [0, 0.1) is 5.41 Å². The predicted octanol–water partition coefficient (Wildman–Crippen LogP) is 2.48. The molecular weight excluding hydrogens is 232 g/mol. The Labute approximate surface area is 107 Å². The molecule has 1 fully saturated rings. The number of aromatic nitrogens is 2. The molecule has 2 rings (SSSR count). The number of nitrogens with zero attached hydrogens (tertiary/aromatic N) is 3. The number of nitrogens with one attached hydrogen (secondary N) is 1. The summed E-state index contributed by atoms with van der Waals surface area (Å²) in [4.78, 5) is 11.3. The molecule has 0 atom stereocenters. The van der Waals surface area contributed by atoms with Gasteiger partial charge in [0.05, 0.1) is 0 Å². The van der Waals surface area contributed by atoms with Crippen molar-refractivity contribution in [1.29, 1.82) is 0 Å². The molecule has 0 amide bonds. The van der Waals surface area contributed by atoms with Gasteiger partial charge in [0, 0.05) is 26.2 Å². The maximum atomic E-state index is 4.59. The highest BCUT2D eigenvalue weighted by Gasteiger charge is 2.30. The van der Waals surface area contributed by atoms with Gasteiger partial charge >= 0.3 is 0 Å². The van der Waals surface area contributed by atoms with Gasteiger partial charge in [0.15, 0.2) is 5.16 Å². The largest absolute Gasteiger partial charge is 0.373 e. The quantitative estimate of drug-likeness (QED) is 0.661. The molecule has 1 N–H and O–H groups in total. The van der Waals surface area contributed by atoms with Crippen molar-refractivity contribution in [3.63, 3.8) is 0 Å². The van der Waals surface area contributed by atoms with Crippen molar-refractivity contribution < 1.29 is 0 Å². The Balaban J connectivity index is 2.26. The average molecular weight is 252 g/mol. The third kappa shape index (κ3) is 2.83. The first kappa shape index (κ1) is 12.5. The molecule has 0 spiro atoms. The molecule has 0 aromatic carbocycles. The SMILES string of the molecule is CNc1cc(N2CCC(C)(C)C2)nc(SC)n1. The Hall–Kier alpha value is -0.970. The van der Waals surface area contributed by atoms with Crippen LogP contribution in [0.4, 0.5) is 11.6 Å². The van der Waals surface area contributed by atoms with Crippen molar-refractivity contribution in [3.8, 4) is 0 Å². The minimum absolute atomic E-state index is 0.393. The van der Waals surface area contributed by atoms with Crippen LogP contribution in [0.15, 0.2) is 11.2 Å². The van der Waals surface area contributed by atoms with Crippen LogP contribution in [-0.4, -0.2) is 36.4 Å². The highest BCUT2D eigenvalue weighted by molar-refractivity contribution is 7.98. The lowest BCUT2D eigenvalue weighted by Crippen LogP contribution is -2.24. The first-order chi connectivity index (χ1) is 8.04. The molecule has 1 aromatic rings. The van der Waals surface area contributed by atoms with E-state index in [1.807, 2.05) is 19.4 Å². The summed E-state index contributed by atoms with van der Waals surface area (Å²) in [6.07, 6.45) is 3.23. The van der Waals surface area contributed by atoms with Gasteiger partial charge in [-0.15, -0.1) is 0 Å². The van der Waals surface area contributed by atoms with Crippen LogP contribution in [0.25, 0.3) is 0 Å². The van der Waals surface area contributed by atoms with E-state index in [0.717, 1.165) is 29.9 Å². The average Bonchev–Trinajstić information content (AvgIpc) is 2.69. The first-order valence-electron chi connectivity index (χ1n) is 5.90. The van der Waals surface area contributed by atoms with Crippen molar-refractivity contribution >= 4 is 23.4 Å². The monoisotopic (exact) mass is 252 g/mol. The van der Waals surface area contributed by atoms with E-state index in [1.54, 1.807) is 11.8 Å². The molecule has 0 aliphatic carbocycles. The van der Waals surface area contributed by atoms with Gasteiger partial charge in [0.25, 0.3) is 0 Å². The molecule has 2 heterocycles. The van der Waals surface area contributed by atoms with Gasteiger partial charge in [-0.3, -0.25) is 0 Å². The standard InChI is InChI=1S/C12H20N4S/c1-12(2)5-6-16(8-12)10-7-9(13-3)14-11(15-10)17-4/h7H,5-6,8H2,1-4H3,(H,13,14,15). The van der Waals surface area contributed by atoms with Crippen molar-refractivity contribution in [1.82, 2.24) is 9.97 Å². The number of anilines is 2. The summed E-state index contributed by atoms with van der Waals surface area (Å²) in [5.41, 5.74) is 0.393. The first-order valence-corrected chi connectivity index (χ1v) is 7.12. The number of thioether (sulfide) groups is 1. The molecule has 5 heteroatoms. The molecular formula is C12H20N4S. The van der Waals surface area contributed by atoms with Crippen molar-refractivity contribution in [3.05, 3.63) is 6.07 Å². The third-order valence-corrected chi connectivity index (χ3v) is 3.68. The summed E-state index contributed by atoms with van der Waals surface area (Å²) in [5.74, 6) is 1.93. The van der Waals surface area contributed by atoms with Gasteiger partial charge in [-0.05, 0) is 18.1 Å². The molecule has 1 aliphatic rings. The molecule has 0 saturated carbocycles. The van der Waals surface area contributed by atoms with E-state index in [9.17, 15) is 0 Å². The van der Waals surface area contributed by atoms with Crippen LogP contribution < -0.4 is 10.2 Å². The van der Waals surface area contributed by atoms with Crippen LogP contribution in [0.2, 0.25) is 0 Å². The van der Waals surface area contributed by atoms with Gasteiger partial charge < -0.3 is 10.2 Å². The molecule has 17 heavy (non-hydrogen) atoms. The van der Waals surface area contributed by atoms with E-state index >= 15 is 0 Å². The van der Waals surface area contributed by atoms with Crippen LogP contribution in [-0.2, 0) is 0 Å². The second-order valence-electron chi connectivity index (χ2n) is 5.18. The summed E-state index contributed by atoms with van der Waals surface area (Å²) >= 11 is 1.58. The number of hydrogen-bond donors (Lipinski definition) is 1. The zero-order valence-corrected chi connectivity index (χ0v) is 11.8. The lowest BCUT2D eigenvalue weighted by atomic mass is 9.93. The molecule has 4 nitrogen and oxygen atoms in total. The predicted molar refractivity (Wildman–Crippen MR) is 74.0 cm³/mol. The van der Waals surface area contributed by atoms with Gasteiger partial charge in [-0.2, -0.15) is 0 Å². The Morgan fingerprint density at radius 3 is 2.71 bits per heavy atom. The van der Waals surface area contributed by atoms with Crippen LogP contribution in [0.1, 0.15) is 20.3 Å². The highest BCUT2D eigenvalue weighted by atomic mass is 32.2. The zero-order valence-electron chi connectivity index (χ0n) is 10.9. The van der Waals surface area contributed by atoms with Crippen LogP contribution in [0.3, 0.4) is 0 Å². The minimum Gasteiger partial charge on any atom is -0.373 e. The van der Waals surface area contributed by atoms with Gasteiger partial charge in [-0.25, -0.2) is 9.97 Å². The Morgan fingerprint density at radius 2 is 2.18 bits per heavy atom. The smallest absolute Gasteiger partial charge is 0.191 e. The minimum atomic E-state index is 0.393. The summed E-state index contributed by atoms with van der Waals surface area (Å²) in [7, 11) is 1.89. The maximum absolute atomic E-state index is 4.59. The lowest BCUT2D eigenvalue weighted by molar-refractivity contribution is 0.418. The van der Waals surface area contributed by atoms with Crippen molar-refractivity contribution in [2.75, 3.05) is 36.6 Å². The van der Waals surface area contributed by atoms with Gasteiger partial charge in [-0.1, -0.05) is 25.6 Å². The van der Waals surface area contributed by atoms with Crippen molar-refractivity contribution in [2.24, 2.45) is 5.41 Å². The van der Waals surface area contributed by atoms with Gasteiger partial charge in [0.1, 0.15) is 11.6 Å². The third-order valence-electron chi connectivity index (χ3n) is 3.13. The summed E-state index contributed by atoms with van der Waals surface area (Å²) < 4.78 is 0. The summed E-state index contributed by atoms with van der Waals surface area (Å²) in [6.45, 7) is 6.77. The Bertz CT molecular complexity index is 383. The summed E-state index contributed by atoms with van der Waals surface area (Å²) in [6, 6.07) is 2.03. The number of rotatable bonds is 3. The molecule has 94 valence electrons. The molecule has 1 aromatic heterocycles. The fourth-order valence-electron chi connectivity index (χ4n) is 2.10. The molecule has 0 bridgehead atoms. The zero-order chi connectivity index (χ0) is 12.5. The van der Waals surface area contributed by atoms with E-state index in [1.165, 1.54) is 6.42 Å². The van der Waals surface area contributed by atoms with Crippen LogP contribution in [0.5, 0.6) is 0 Å². The van der Waals surface area contributed by atoms with E-state index < -0.39 is 0 Å². The fourth-order valence-corrected chi connectivity index (χ4v) is 2.48. The topological polar surface area (TPSA) is 41.0 Å². The van der Waals surface area contributed by atoms with E-state index in [4.69, 9.17) is 0 Å². The second-order valence-corrected chi connectivity index (χ2v) is 5.96. The maximum Gasteiger partial charge on any atom is 0.191 e. The van der Waals surface area contributed by atoms with Crippen molar-refractivity contribution in [2.45, 2.75) is 25.4 Å². The van der Waals surface area contributed by atoms with E-state index in [0.29, 0.717) is 5.41 Å². The van der Waals surface area contributed by atoms with E-state index in [2.05, 4.69) is 34.0 Å². The summed E-state index contributed by atoms with van der Waals surface area (Å²) in [5, 5.41) is 3.93. The molecule has 1 aliphatic heterocycles. The normalized spacial score (nSPS) is 18.5. The second kappa shape index (κ2) is 4.72. The van der Waals surface area contributed by atoms with Gasteiger partial charge in [0.2, 0.25) is 0 Å². The number of hydrogen-bond acceptors (Lipinski definition) is 5. The molecule has 0 radical (unpaired) electrons.